The van der Waals surface area contributed by atoms with Crippen molar-refractivity contribution in [3.63, 3.8) is 0 Å². The molecular formula is C17H22N4O2. The number of carbonyl (C=O) groups is 1. The van der Waals surface area contributed by atoms with Gasteiger partial charge in [-0.25, -0.2) is 0 Å². The van der Waals surface area contributed by atoms with E-state index in [0.717, 1.165) is 31.1 Å². The van der Waals surface area contributed by atoms with Crippen molar-refractivity contribution < 1.29 is 9.53 Å². The van der Waals surface area contributed by atoms with Crippen LogP contribution in [-0.2, 0) is 6.54 Å². The summed E-state index contributed by atoms with van der Waals surface area (Å²) in [7, 11) is 1.68. The molecule has 0 spiro atoms. The van der Waals surface area contributed by atoms with E-state index < -0.39 is 0 Å². The lowest BCUT2D eigenvalue weighted by molar-refractivity contribution is 0.0746. The zero-order valence-electron chi connectivity index (χ0n) is 13.6. The van der Waals surface area contributed by atoms with Gasteiger partial charge < -0.3 is 14.5 Å². The predicted molar refractivity (Wildman–Crippen MR) is 89.0 cm³/mol. The average Bonchev–Trinajstić information content (AvgIpc) is 3.10. The molecule has 6 nitrogen and oxygen atoms in total. The zero-order valence-corrected chi connectivity index (χ0v) is 13.6. The van der Waals surface area contributed by atoms with Gasteiger partial charge in [-0.2, -0.15) is 5.10 Å². The van der Waals surface area contributed by atoms with Crippen LogP contribution in [0.5, 0.6) is 5.75 Å². The van der Waals surface area contributed by atoms with Crippen LogP contribution in [0.4, 0.5) is 5.69 Å². The fourth-order valence-corrected chi connectivity index (χ4v) is 2.87. The van der Waals surface area contributed by atoms with Gasteiger partial charge in [-0.1, -0.05) is 12.1 Å². The van der Waals surface area contributed by atoms with Gasteiger partial charge in [-0.15, -0.1) is 0 Å². The number of rotatable bonds is 4. The zero-order chi connectivity index (χ0) is 16.2. The molecule has 0 N–H and O–H groups in total. The number of nitrogens with zero attached hydrogens (tertiary/aromatic N) is 4. The summed E-state index contributed by atoms with van der Waals surface area (Å²) >= 11 is 0. The highest BCUT2D eigenvalue weighted by molar-refractivity contribution is 5.93. The molecule has 0 aliphatic carbocycles. The molecular weight excluding hydrogens is 292 g/mol. The Balaban J connectivity index is 1.65. The number of ether oxygens (including phenoxy) is 1. The van der Waals surface area contributed by atoms with E-state index >= 15 is 0 Å². The van der Waals surface area contributed by atoms with Crippen LogP contribution in [0, 0.1) is 0 Å². The van der Waals surface area contributed by atoms with E-state index in [1.54, 1.807) is 18.0 Å². The normalized spacial score (nSPS) is 14.9. The van der Waals surface area contributed by atoms with Crippen LogP contribution in [0.3, 0.4) is 0 Å². The monoisotopic (exact) mass is 314 g/mol. The van der Waals surface area contributed by atoms with Crippen LogP contribution in [0.15, 0.2) is 36.7 Å². The molecule has 1 aromatic heterocycles. The van der Waals surface area contributed by atoms with E-state index in [4.69, 9.17) is 4.74 Å². The molecule has 122 valence electrons. The maximum Gasteiger partial charge on any atom is 0.257 e. The number of aromatic nitrogens is 2. The van der Waals surface area contributed by atoms with Crippen molar-refractivity contribution in [3.05, 3.63) is 42.2 Å². The third-order valence-electron chi connectivity index (χ3n) is 4.20. The third kappa shape index (κ3) is 3.16. The second-order valence-electron chi connectivity index (χ2n) is 5.54. The average molecular weight is 314 g/mol. The summed E-state index contributed by atoms with van der Waals surface area (Å²) in [6.45, 7) is 5.78. The lowest BCUT2D eigenvalue weighted by atomic mass is 10.2. The third-order valence-corrected chi connectivity index (χ3v) is 4.20. The largest absolute Gasteiger partial charge is 0.495 e. The van der Waals surface area contributed by atoms with Gasteiger partial charge in [0, 0.05) is 38.9 Å². The van der Waals surface area contributed by atoms with Crippen LogP contribution >= 0.6 is 0 Å². The molecule has 1 aliphatic rings. The number of methoxy groups -OCH3 is 1. The summed E-state index contributed by atoms with van der Waals surface area (Å²) in [5.74, 6) is 0.931. The Hall–Kier alpha value is -2.50. The number of piperazine rings is 1. The highest BCUT2D eigenvalue weighted by atomic mass is 16.5. The quantitative estimate of drug-likeness (QED) is 0.864. The van der Waals surface area contributed by atoms with Crippen LogP contribution < -0.4 is 9.64 Å². The molecule has 0 atom stereocenters. The Morgan fingerprint density at radius 3 is 2.61 bits per heavy atom. The van der Waals surface area contributed by atoms with E-state index in [2.05, 4.69) is 16.1 Å². The molecule has 3 rings (SSSR count). The summed E-state index contributed by atoms with van der Waals surface area (Å²) in [5.41, 5.74) is 1.75. The molecule has 0 unspecified atom stereocenters. The first-order chi connectivity index (χ1) is 11.2. The van der Waals surface area contributed by atoms with Crippen LogP contribution in [0.25, 0.3) is 0 Å². The van der Waals surface area contributed by atoms with Gasteiger partial charge in [-0.05, 0) is 19.1 Å². The Kier molecular flexibility index (Phi) is 4.50. The van der Waals surface area contributed by atoms with Crippen LogP contribution in [0.1, 0.15) is 17.3 Å². The molecule has 2 heterocycles. The van der Waals surface area contributed by atoms with Gasteiger partial charge in [0.1, 0.15) is 5.75 Å². The number of hydrogen-bond donors (Lipinski definition) is 0. The maximum absolute atomic E-state index is 12.5. The van der Waals surface area contributed by atoms with E-state index in [-0.39, 0.29) is 5.91 Å². The minimum absolute atomic E-state index is 0.0596. The number of benzene rings is 1. The molecule has 1 aliphatic heterocycles. The molecule has 1 aromatic carbocycles. The lowest BCUT2D eigenvalue weighted by Gasteiger charge is -2.36. The lowest BCUT2D eigenvalue weighted by Crippen LogP contribution is -2.48. The number of aryl methyl sites for hydroxylation is 1. The molecule has 1 fully saturated rings. The van der Waals surface area contributed by atoms with E-state index in [9.17, 15) is 4.79 Å². The summed E-state index contributed by atoms with van der Waals surface area (Å²) in [6.07, 6.45) is 3.47. The van der Waals surface area contributed by atoms with Crippen LogP contribution in [0.2, 0.25) is 0 Å². The van der Waals surface area contributed by atoms with Gasteiger partial charge in [-0.3, -0.25) is 9.48 Å². The number of carbonyl (C=O) groups excluding carboxylic acids is 1. The van der Waals surface area contributed by atoms with E-state index in [1.165, 1.54) is 0 Å². The van der Waals surface area contributed by atoms with Crippen molar-refractivity contribution in [2.24, 2.45) is 0 Å². The first-order valence-electron chi connectivity index (χ1n) is 7.92. The van der Waals surface area contributed by atoms with E-state index in [1.807, 2.05) is 36.2 Å². The first-order valence-corrected chi connectivity index (χ1v) is 7.92. The van der Waals surface area contributed by atoms with Crippen molar-refractivity contribution in [2.75, 3.05) is 38.2 Å². The van der Waals surface area contributed by atoms with Gasteiger partial charge in [0.05, 0.1) is 24.6 Å². The van der Waals surface area contributed by atoms with Crippen molar-refractivity contribution in [3.8, 4) is 5.75 Å². The summed E-state index contributed by atoms with van der Waals surface area (Å²) in [4.78, 5) is 16.7. The Morgan fingerprint density at radius 1 is 1.22 bits per heavy atom. The van der Waals surface area contributed by atoms with Crippen molar-refractivity contribution >= 4 is 11.6 Å². The standard InChI is InChI=1S/C17H22N4O2/c1-3-21-13-14(12-18-21)17(22)20-10-8-19(9-11-20)15-6-4-5-7-16(15)23-2/h4-7,12-13H,3,8-11H2,1-2H3. The highest BCUT2D eigenvalue weighted by Crippen LogP contribution is 2.28. The second-order valence-corrected chi connectivity index (χ2v) is 5.54. The van der Waals surface area contributed by atoms with Crippen molar-refractivity contribution in [2.45, 2.75) is 13.5 Å². The van der Waals surface area contributed by atoms with Crippen molar-refractivity contribution in [1.82, 2.24) is 14.7 Å². The summed E-state index contributed by atoms with van der Waals surface area (Å²) < 4.78 is 7.20. The number of anilines is 1. The Morgan fingerprint density at radius 2 is 1.96 bits per heavy atom. The molecule has 2 aromatic rings. The van der Waals surface area contributed by atoms with Crippen molar-refractivity contribution in [1.29, 1.82) is 0 Å². The summed E-state index contributed by atoms with van der Waals surface area (Å²) in [6, 6.07) is 8.00. The van der Waals surface area contributed by atoms with Gasteiger partial charge in [0.2, 0.25) is 0 Å². The first kappa shape index (κ1) is 15.4. The molecule has 1 amide bonds. The predicted octanol–water partition coefficient (Wildman–Crippen LogP) is 1.87. The summed E-state index contributed by atoms with van der Waals surface area (Å²) in [5, 5.41) is 4.18. The molecule has 0 radical (unpaired) electrons. The smallest absolute Gasteiger partial charge is 0.257 e. The Labute approximate surface area is 136 Å². The van der Waals surface area contributed by atoms with E-state index in [0.29, 0.717) is 18.7 Å². The Bertz CT molecular complexity index is 675. The highest BCUT2D eigenvalue weighted by Gasteiger charge is 2.24. The number of amides is 1. The SMILES string of the molecule is CCn1cc(C(=O)N2CCN(c3ccccc3OC)CC2)cn1. The second kappa shape index (κ2) is 6.73. The maximum atomic E-state index is 12.5. The fraction of sp³-hybridized carbons (Fsp3) is 0.412. The molecule has 1 saturated heterocycles. The molecule has 0 bridgehead atoms. The molecule has 0 saturated carbocycles. The van der Waals surface area contributed by atoms with Crippen LogP contribution in [-0.4, -0.2) is 53.9 Å². The molecule has 23 heavy (non-hydrogen) atoms. The topological polar surface area (TPSA) is 50.6 Å². The van der Waals surface area contributed by atoms with Gasteiger partial charge >= 0.3 is 0 Å². The fourth-order valence-electron chi connectivity index (χ4n) is 2.87. The molecule has 6 heteroatoms. The van der Waals surface area contributed by atoms with Gasteiger partial charge in [0.25, 0.3) is 5.91 Å². The minimum atomic E-state index is 0.0596. The minimum Gasteiger partial charge on any atom is -0.495 e. The number of para-hydroxylation sites is 2. The van der Waals surface area contributed by atoms with Gasteiger partial charge in [0.15, 0.2) is 0 Å². The number of hydrogen-bond acceptors (Lipinski definition) is 4.